The highest BCUT2D eigenvalue weighted by Gasteiger charge is 2.24. The van der Waals surface area contributed by atoms with Gasteiger partial charge in [-0.1, -0.05) is 6.92 Å². The van der Waals surface area contributed by atoms with E-state index in [9.17, 15) is 9.59 Å². The number of hydrogen-bond donors (Lipinski definition) is 1. The number of nitrogens with one attached hydrogen (secondary N) is 1. The van der Waals surface area contributed by atoms with Crippen molar-refractivity contribution in [1.82, 2.24) is 10.2 Å². The fourth-order valence-electron chi connectivity index (χ4n) is 2.84. The first-order chi connectivity index (χ1) is 10.4. The number of carbonyl (C=O) groups is 2. The molecule has 1 aromatic rings. The van der Waals surface area contributed by atoms with Crippen LogP contribution >= 0.6 is 11.3 Å². The number of rotatable bonds is 5. The van der Waals surface area contributed by atoms with Gasteiger partial charge in [-0.05, 0) is 57.6 Å². The summed E-state index contributed by atoms with van der Waals surface area (Å²) in [6.45, 7) is 8.69. The lowest BCUT2D eigenvalue weighted by Crippen LogP contribution is -2.42. The van der Waals surface area contributed by atoms with Crippen LogP contribution in [0, 0.1) is 5.92 Å². The standard InChI is InChI=1S/C17H26N2O2S/c1-5-19(10-16(20)18-11(2)3)17(21)15-9-13-8-12(4)6-7-14(13)22-15/h9,11-12H,5-8,10H2,1-4H3,(H,18,20)/t12-/m1/s1. The molecule has 1 aliphatic carbocycles. The summed E-state index contributed by atoms with van der Waals surface area (Å²) in [6.07, 6.45) is 3.35. The van der Waals surface area contributed by atoms with Crippen LogP contribution in [0.4, 0.5) is 0 Å². The van der Waals surface area contributed by atoms with Crippen LogP contribution in [-0.2, 0) is 17.6 Å². The third-order valence-electron chi connectivity index (χ3n) is 3.99. The molecule has 0 bridgehead atoms. The minimum absolute atomic E-state index is 0.0199. The molecule has 1 aromatic heterocycles. The van der Waals surface area contributed by atoms with Gasteiger partial charge in [0, 0.05) is 17.5 Å². The topological polar surface area (TPSA) is 49.4 Å². The smallest absolute Gasteiger partial charge is 0.264 e. The van der Waals surface area contributed by atoms with Crippen molar-refractivity contribution in [3.8, 4) is 0 Å². The largest absolute Gasteiger partial charge is 0.352 e. The van der Waals surface area contributed by atoms with Crippen LogP contribution in [0.25, 0.3) is 0 Å². The molecule has 0 radical (unpaired) electrons. The Morgan fingerprint density at radius 2 is 2.18 bits per heavy atom. The zero-order valence-electron chi connectivity index (χ0n) is 13.9. The SMILES string of the molecule is CCN(CC(=O)NC(C)C)C(=O)c1cc2c(s1)CC[C@@H](C)C2. The quantitative estimate of drug-likeness (QED) is 0.906. The molecule has 1 N–H and O–H groups in total. The van der Waals surface area contributed by atoms with E-state index in [-0.39, 0.29) is 24.4 Å². The van der Waals surface area contributed by atoms with E-state index < -0.39 is 0 Å². The second kappa shape index (κ2) is 7.27. The zero-order chi connectivity index (χ0) is 16.3. The first-order valence-corrected chi connectivity index (χ1v) is 8.92. The van der Waals surface area contributed by atoms with Gasteiger partial charge in [-0.2, -0.15) is 0 Å². The molecule has 2 amide bonds. The highest BCUT2D eigenvalue weighted by molar-refractivity contribution is 7.14. The predicted octanol–water partition coefficient (Wildman–Crippen LogP) is 2.86. The van der Waals surface area contributed by atoms with E-state index in [0.717, 1.165) is 17.7 Å². The van der Waals surface area contributed by atoms with Crippen LogP contribution in [-0.4, -0.2) is 35.8 Å². The Morgan fingerprint density at radius 3 is 2.82 bits per heavy atom. The normalized spacial score (nSPS) is 17.2. The molecule has 5 heteroatoms. The fraction of sp³-hybridized carbons (Fsp3) is 0.647. The third kappa shape index (κ3) is 4.09. The summed E-state index contributed by atoms with van der Waals surface area (Å²) in [5.41, 5.74) is 1.33. The Balaban J connectivity index is 2.07. The van der Waals surface area contributed by atoms with Crippen LogP contribution in [0.1, 0.15) is 54.2 Å². The Kier molecular flexibility index (Phi) is 5.62. The molecule has 0 fully saturated rings. The Labute approximate surface area is 136 Å². The fourth-order valence-corrected chi connectivity index (χ4v) is 4.01. The van der Waals surface area contributed by atoms with Gasteiger partial charge < -0.3 is 10.2 Å². The molecule has 0 aromatic carbocycles. The number of amides is 2. The number of aryl methyl sites for hydroxylation is 1. The summed E-state index contributed by atoms with van der Waals surface area (Å²) in [7, 11) is 0. The van der Waals surface area contributed by atoms with Crippen LogP contribution in [0.5, 0.6) is 0 Å². The maximum Gasteiger partial charge on any atom is 0.264 e. The van der Waals surface area contributed by atoms with E-state index in [1.54, 1.807) is 16.2 Å². The highest BCUT2D eigenvalue weighted by Crippen LogP contribution is 2.32. The lowest BCUT2D eigenvalue weighted by molar-refractivity contribution is -0.122. The molecule has 122 valence electrons. The van der Waals surface area contributed by atoms with Crippen molar-refractivity contribution >= 4 is 23.2 Å². The molecule has 0 aliphatic heterocycles. The zero-order valence-corrected chi connectivity index (χ0v) is 14.8. The van der Waals surface area contributed by atoms with Gasteiger partial charge in [0.25, 0.3) is 5.91 Å². The van der Waals surface area contributed by atoms with Crippen molar-refractivity contribution in [2.45, 2.75) is 53.0 Å². The van der Waals surface area contributed by atoms with Crippen molar-refractivity contribution in [3.63, 3.8) is 0 Å². The van der Waals surface area contributed by atoms with Gasteiger partial charge in [-0.25, -0.2) is 0 Å². The molecule has 4 nitrogen and oxygen atoms in total. The van der Waals surface area contributed by atoms with Crippen LogP contribution < -0.4 is 5.32 Å². The van der Waals surface area contributed by atoms with Gasteiger partial charge in [-0.15, -0.1) is 11.3 Å². The molecule has 1 heterocycles. The Hall–Kier alpha value is -1.36. The lowest BCUT2D eigenvalue weighted by atomic mass is 9.90. The average Bonchev–Trinajstić information content (AvgIpc) is 2.86. The molecule has 0 saturated carbocycles. The maximum atomic E-state index is 12.7. The highest BCUT2D eigenvalue weighted by atomic mass is 32.1. The summed E-state index contributed by atoms with van der Waals surface area (Å²) in [5, 5.41) is 2.84. The van der Waals surface area contributed by atoms with Crippen molar-refractivity contribution in [3.05, 3.63) is 21.4 Å². The van der Waals surface area contributed by atoms with Crippen molar-refractivity contribution in [2.75, 3.05) is 13.1 Å². The van der Waals surface area contributed by atoms with E-state index in [2.05, 4.69) is 12.2 Å². The van der Waals surface area contributed by atoms with Crippen molar-refractivity contribution < 1.29 is 9.59 Å². The molecular weight excluding hydrogens is 296 g/mol. The van der Waals surface area contributed by atoms with Gasteiger partial charge in [0.1, 0.15) is 0 Å². The van der Waals surface area contributed by atoms with Crippen LogP contribution in [0.15, 0.2) is 6.07 Å². The summed E-state index contributed by atoms with van der Waals surface area (Å²) >= 11 is 1.61. The molecule has 0 unspecified atom stereocenters. The van der Waals surface area contributed by atoms with Crippen LogP contribution in [0.2, 0.25) is 0 Å². The average molecular weight is 322 g/mol. The number of hydrogen-bond acceptors (Lipinski definition) is 3. The second-order valence-electron chi connectivity index (χ2n) is 6.45. The predicted molar refractivity (Wildman–Crippen MR) is 90.4 cm³/mol. The summed E-state index contributed by atoms with van der Waals surface area (Å²) in [4.78, 5) is 28.3. The lowest BCUT2D eigenvalue weighted by Gasteiger charge is -2.20. The number of fused-ring (bicyclic) bond motifs is 1. The number of likely N-dealkylation sites (N-methyl/N-ethyl adjacent to an activating group) is 1. The van der Waals surface area contributed by atoms with E-state index in [1.807, 2.05) is 26.8 Å². The number of thiophene rings is 1. The summed E-state index contributed by atoms with van der Waals surface area (Å²) in [5.74, 6) is 0.581. The van der Waals surface area contributed by atoms with Gasteiger partial charge in [0.15, 0.2) is 0 Å². The molecule has 1 aliphatic rings. The molecule has 22 heavy (non-hydrogen) atoms. The van der Waals surface area contributed by atoms with Gasteiger partial charge in [0.2, 0.25) is 5.91 Å². The number of nitrogens with zero attached hydrogens (tertiary/aromatic N) is 1. The summed E-state index contributed by atoms with van der Waals surface area (Å²) in [6, 6.07) is 2.14. The monoisotopic (exact) mass is 322 g/mol. The van der Waals surface area contributed by atoms with Gasteiger partial charge in [0.05, 0.1) is 11.4 Å². The first kappa shape index (κ1) is 17.0. The molecule has 0 spiro atoms. The molecular formula is C17H26N2O2S. The molecule has 2 rings (SSSR count). The van der Waals surface area contributed by atoms with E-state index in [1.165, 1.54) is 16.9 Å². The van der Waals surface area contributed by atoms with Gasteiger partial charge >= 0.3 is 0 Å². The van der Waals surface area contributed by atoms with Gasteiger partial charge in [-0.3, -0.25) is 9.59 Å². The number of carbonyl (C=O) groups excluding carboxylic acids is 2. The molecule has 0 saturated heterocycles. The van der Waals surface area contributed by atoms with Crippen molar-refractivity contribution in [1.29, 1.82) is 0 Å². The summed E-state index contributed by atoms with van der Waals surface area (Å²) < 4.78 is 0. The second-order valence-corrected chi connectivity index (χ2v) is 7.59. The maximum absolute atomic E-state index is 12.7. The van der Waals surface area contributed by atoms with E-state index in [0.29, 0.717) is 12.5 Å². The van der Waals surface area contributed by atoms with Crippen molar-refractivity contribution in [2.24, 2.45) is 5.92 Å². The van der Waals surface area contributed by atoms with E-state index >= 15 is 0 Å². The van der Waals surface area contributed by atoms with E-state index in [4.69, 9.17) is 0 Å². The Bertz CT molecular complexity index is 551. The van der Waals surface area contributed by atoms with Crippen LogP contribution in [0.3, 0.4) is 0 Å². The minimum Gasteiger partial charge on any atom is -0.352 e. The molecule has 1 atom stereocenters. The third-order valence-corrected chi connectivity index (χ3v) is 5.22. The Morgan fingerprint density at radius 1 is 1.45 bits per heavy atom. The minimum atomic E-state index is -0.0971. The first-order valence-electron chi connectivity index (χ1n) is 8.10.